The number of hydrogen-bond acceptors (Lipinski definition) is 4. The number of allylic oxidation sites excluding steroid dienone is 2. The number of hydrogen-bond donors (Lipinski definition) is 2. The largest absolute Gasteiger partial charge is 0.388 e. The quantitative estimate of drug-likeness (QED) is 0.422. The SMILES string of the molecule is O=C1CC2C(=O)C#CC=CC#C[C@](O)(C1)C2O. The molecular formula is C13H10O4. The van der Waals surface area contributed by atoms with E-state index in [-0.39, 0.29) is 18.6 Å². The van der Waals surface area contributed by atoms with Crippen LogP contribution in [-0.4, -0.2) is 33.5 Å². The van der Waals surface area contributed by atoms with Crippen LogP contribution in [0.1, 0.15) is 12.8 Å². The summed E-state index contributed by atoms with van der Waals surface area (Å²) in [5.41, 5.74) is -1.85. The van der Waals surface area contributed by atoms with E-state index in [0.29, 0.717) is 0 Å². The lowest BCUT2D eigenvalue weighted by Gasteiger charge is -2.36. The van der Waals surface area contributed by atoms with Crippen molar-refractivity contribution in [3.8, 4) is 23.7 Å². The minimum atomic E-state index is -1.85. The highest BCUT2D eigenvalue weighted by Gasteiger charge is 2.48. The van der Waals surface area contributed by atoms with Gasteiger partial charge in [-0.3, -0.25) is 9.59 Å². The highest BCUT2D eigenvalue weighted by Crippen LogP contribution is 2.31. The average Bonchev–Trinajstić information content (AvgIpc) is 2.26. The Morgan fingerprint density at radius 2 is 2.00 bits per heavy atom. The Labute approximate surface area is 98.3 Å². The van der Waals surface area contributed by atoms with E-state index >= 15 is 0 Å². The van der Waals surface area contributed by atoms with Crippen molar-refractivity contribution in [1.29, 1.82) is 0 Å². The van der Waals surface area contributed by atoms with Crippen LogP contribution in [0.15, 0.2) is 12.2 Å². The molecule has 86 valence electrons. The smallest absolute Gasteiger partial charge is 0.212 e. The summed E-state index contributed by atoms with van der Waals surface area (Å²) >= 11 is 0. The van der Waals surface area contributed by atoms with Gasteiger partial charge in [0.15, 0.2) is 5.60 Å². The van der Waals surface area contributed by atoms with Gasteiger partial charge < -0.3 is 10.2 Å². The summed E-state index contributed by atoms with van der Waals surface area (Å²) in [6, 6.07) is 0. The second-order valence-corrected chi connectivity index (χ2v) is 4.13. The zero-order chi connectivity index (χ0) is 12.5. The Morgan fingerprint density at radius 1 is 1.29 bits per heavy atom. The van der Waals surface area contributed by atoms with Crippen LogP contribution in [-0.2, 0) is 9.59 Å². The van der Waals surface area contributed by atoms with Crippen molar-refractivity contribution in [3.05, 3.63) is 12.2 Å². The van der Waals surface area contributed by atoms with Crippen LogP contribution < -0.4 is 0 Å². The first kappa shape index (κ1) is 11.6. The molecule has 0 aromatic carbocycles. The highest BCUT2D eigenvalue weighted by molar-refractivity contribution is 6.01. The second-order valence-electron chi connectivity index (χ2n) is 4.13. The number of rotatable bonds is 0. The number of carbonyl (C=O) groups excluding carboxylic acids is 2. The molecule has 0 amide bonds. The van der Waals surface area contributed by atoms with Gasteiger partial charge in [0.2, 0.25) is 5.78 Å². The lowest BCUT2D eigenvalue weighted by atomic mass is 9.73. The maximum absolute atomic E-state index is 11.7. The van der Waals surface area contributed by atoms with Gasteiger partial charge in [-0.15, -0.1) is 0 Å². The van der Waals surface area contributed by atoms with Crippen LogP contribution in [0, 0.1) is 29.6 Å². The standard InChI is InChI=1S/C13H10O4/c14-9-7-10-11(15)5-3-1-2-4-6-13(17,8-9)12(10)16/h1-2,10,12,16-17H,7-8H2/t10?,12?,13-/m0/s1. The molecule has 1 saturated carbocycles. The van der Waals surface area contributed by atoms with E-state index in [2.05, 4.69) is 23.7 Å². The first-order chi connectivity index (χ1) is 8.03. The molecule has 2 aliphatic carbocycles. The van der Waals surface area contributed by atoms with Gasteiger partial charge in [0, 0.05) is 12.8 Å². The van der Waals surface area contributed by atoms with E-state index in [1.807, 2.05) is 0 Å². The van der Waals surface area contributed by atoms with Gasteiger partial charge in [0.1, 0.15) is 11.9 Å². The van der Waals surface area contributed by atoms with Gasteiger partial charge in [-0.25, -0.2) is 0 Å². The molecule has 4 heteroatoms. The molecule has 0 saturated heterocycles. The Kier molecular flexibility index (Phi) is 2.85. The predicted molar refractivity (Wildman–Crippen MR) is 58.4 cm³/mol. The van der Waals surface area contributed by atoms with Gasteiger partial charge in [0.25, 0.3) is 0 Å². The predicted octanol–water partition coefficient (Wildman–Crippen LogP) is -0.797. The van der Waals surface area contributed by atoms with Crippen molar-refractivity contribution in [2.75, 3.05) is 0 Å². The van der Waals surface area contributed by atoms with Crippen LogP contribution in [0.4, 0.5) is 0 Å². The molecule has 0 aromatic heterocycles. The molecule has 0 aromatic rings. The molecule has 2 aliphatic rings. The van der Waals surface area contributed by atoms with Crippen molar-refractivity contribution in [1.82, 2.24) is 0 Å². The average molecular weight is 230 g/mol. The summed E-state index contributed by atoms with van der Waals surface area (Å²) in [6.45, 7) is 0. The van der Waals surface area contributed by atoms with E-state index in [9.17, 15) is 19.8 Å². The van der Waals surface area contributed by atoms with Gasteiger partial charge >= 0.3 is 0 Å². The number of ketones is 2. The van der Waals surface area contributed by atoms with Crippen molar-refractivity contribution in [2.24, 2.45) is 5.92 Å². The fraction of sp³-hybridized carbons (Fsp3) is 0.385. The molecule has 4 nitrogen and oxygen atoms in total. The summed E-state index contributed by atoms with van der Waals surface area (Å²) < 4.78 is 0. The second kappa shape index (κ2) is 4.18. The van der Waals surface area contributed by atoms with E-state index in [1.54, 1.807) is 0 Å². The third kappa shape index (κ3) is 2.14. The summed E-state index contributed by atoms with van der Waals surface area (Å²) in [5.74, 6) is 7.88. The lowest BCUT2D eigenvalue weighted by molar-refractivity contribution is -0.148. The van der Waals surface area contributed by atoms with Crippen LogP contribution in [0.5, 0.6) is 0 Å². The first-order valence-corrected chi connectivity index (χ1v) is 5.18. The van der Waals surface area contributed by atoms with E-state index in [0.717, 1.165) is 0 Å². The zero-order valence-corrected chi connectivity index (χ0v) is 8.93. The molecule has 17 heavy (non-hydrogen) atoms. The molecule has 0 aliphatic heterocycles. The number of aliphatic hydroxyl groups excluding tert-OH is 1. The van der Waals surface area contributed by atoms with Gasteiger partial charge in [-0.1, -0.05) is 17.8 Å². The maximum Gasteiger partial charge on any atom is 0.212 e. The van der Waals surface area contributed by atoms with Crippen LogP contribution in [0.2, 0.25) is 0 Å². The van der Waals surface area contributed by atoms with Crippen molar-refractivity contribution in [3.63, 3.8) is 0 Å². The summed E-state index contributed by atoms with van der Waals surface area (Å²) in [5, 5.41) is 20.0. The molecule has 0 spiro atoms. The molecule has 3 atom stereocenters. The molecule has 2 rings (SSSR count). The Balaban J connectivity index is 2.50. The molecule has 0 radical (unpaired) electrons. The van der Waals surface area contributed by atoms with Crippen molar-refractivity contribution >= 4 is 11.6 Å². The fourth-order valence-electron chi connectivity index (χ4n) is 1.98. The first-order valence-electron chi connectivity index (χ1n) is 5.18. The van der Waals surface area contributed by atoms with Crippen molar-refractivity contribution in [2.45, 2.75) is 24.5 Å². The van der Waals surface area contributed by atoms with E-state index in [4.69, 9.17) is 0 Å². The number of fused-ring (bicyclic) bond motifs is 2. The minimum Gasteiger partial charge on any atom is -0.388 e. The topological polar surface area (TPSA) is 74.6 Å². The summed E-state index contributed by atoms with van der Waals surface area (Å²) in [7, 11) is 0. The summed E-state index contributed by atoms with van der Waals surface area (Å²) in [6.07, 6.45) is 1.03. The molecule has 2 unspecified atom stereocenters. The minimum absolute atomic E-state index is 0.0949. The van der Waals surface area contributed by atoms with E-state index in [1.165, 1.54) is 12.2 Å². The third-order valence-corrected chi connectivity index (χ3v) is 2.86. The van der Waals surface area contributed by atoms with Gasteiger partial charge in [-0.05, 0) is 18.1 Å². The number of aliphatic hydroxyl groups is 2. The Hall–Kier alpha value is -1.88. The number of carbonyl (C=O) groups is 2. The van der Waals surface area contributed by atoms with Crippen molar-refractivity contribution < 1.29 is 19.8 Å². The van der Waals surface area contributed by atoms with Crippen LogP contribution in [0.3, 0.4) is 0 Å². The van der Waals surface area contributed by atoms with Crippen LogP contribution >= 0.6 is 0 Å². The van der Waals surface area contributed by atoms with Crippen LogP contribution in [0.25, 0.3) is 0 Å². The Bertz CT molecular complexity index is 523. The molecule has 2 bridgehead atoms. The molecule has 0 heterocycles. The Morgan fingerprint density at radius 3 is 2.76 bits per heavy atom. The normalized spacial score (nSPS) is 35.4. The third-order valence-electron chi connectivity index (χ3n) is 2.86. The molecule has 2 N–H and O–H groups in total. The fourth-order valence-corrected chi connectivity index (χ4v) is 1.98. The lowest BCUT2D eigenvalue weighted by Crippen LogP contribution is -2.53. The molecular weight excluding hydrogens is 220 g/mol. The van der Waals surface area contributed by atoms with E-state index < -0.39 is 23.4 Å². The molecule has 1 fully saturated rings. The van der Waals surface area contributed by atoms with Gasteiger partial charge in [0.05, 0.1) is 5.92 Å². The zero-order valence-electron chi connectivity index (χ0n) is 8.93. The van der Waals surface area contributed by atoms with Gasteiger partial charge in [-0.2, -0.15) is 0 Å². The highest BCUT2D eigenvalue weighted by atomic mass is 16.3. The monoisotopic (exact) mass is 230 g/mol. The number of Topliss-reactive ketones (excluding diaryl/α,β-unsaturated/α-hetero) is 2. The maximum atomic E-state index is 11.7. The summed E-state index contributed by atoms with van der Waals surface area (Å²) in [4.78, 5) is 23.1.